The van der Waals surface area contributed by atoms with E-state index in [4.69, 9.17) is 9.63 Å². The summed E-state index contributed by atoms with van der Waals surface area (Å²) in [5, 5.41) is 8.56. The van der Waals surface area contributed by atoms with Crippen LogP contribution in [-0.2, 0) is 25.1 Å². The van der Waals surface area contributed by atoms with Crippen LogP contribution in [0.4, 0.5) is 0 Å². The van der Waals surface area contributed by atoms with Gasteiger partial charge in [0.05, 0.1) is 0 Å². The van der Waals surface area contributed by atoms with E-state index in [0.717, 1.165) is 12.3 Å². The number of rotatable bonds is 10. The fourth-order valence-electron chi connectivity index (χ4n) is 3.88. The zero-order valence-corrected chi connectivity index (χ0v) is 17.7. The normalized spacial score (nSPS) is 15.7. The van der Waals surface area contributed by atoms with Crippen LogP contribution in [0.5, 0.6) is 0 Å². The molecule has 6 heteroatoms. The summed E-state index contributed by atoms with van der Waals surface area (Å²) >= 11 is 0. The molecule has 1 saturated carbocycles. The number of aryl methyl sites for hydroxylation is 2. The molecule has 28 heavy (non-hydrogen) atoms. The smallest absolute Gasteiger partial charge is 0.481 e. The van der Waals surface area contributed by atoms with Crippen LogP contribution in [0.3, 0.4) is 0 Å². The number of aliphatic carboxylic acids is 1. The molecule has 0 saturated heterocycles. The Morgan fingerprint density at radius 3 is 2.61 bits per heavy atom. The number of carboxylic acid groups (broad SMARTS) is 1. The Labute approximate surface area is 168 Å². The summed E-state index contributed by atoms with van der Waals surface area (Å²) in [5.41, 5.74) is 5.01. The Balaban J connectivity index is 1.95. The van der Waals surface area contributed by atoms with Crippen molar-refractivity contribution in [3.05, 3.63) is 40.5 Å². The number of ketones is 1. The van der Waals surface area contributed by atoms with Crippen LogP contribution in [0, 0.1) is 19.8 Å². The van der Waals surface area contributed by atoms with Crippen LogP contribution < -0.4 is 0 Å². The maximum Gasteiger partial charge on any atom is 0.516 e. The van der Waals surface area contributed by atoms with Gasteiger partial charge >= 0.3 is 14.0 Å². The van der Waals surface area contributed by atoms with Gasteiger partial charge in [0.15, 0.2) is 5.78 Å². The molecule has 152 valence electrons. The lowest BCUT2D eigenvalue weighted by atomic mass is 9.83. The number of hydrogen-bond donors (Lipinski definition) is 1. The minimum absolute atomic E-state index is 0.131. The quantitative estimate of drug-likeness (QED) is 0.425. The summed E-state index contributed by atoms with van der Waals surface area (Å²) in [5.74, 6) is -1.05. The van der Waals surface area contributed by atoms with Crippen LogP contribution in [0.15, 0.2) is 18.2 Å². The van der Waals surface area contributed by atoms with Crippen LogP contribution >= 0.6 is 8.03 Å². The Morgan fingerprint density at radius 1 is 1.21 bits per heavy atom. The van der Waals surface area contributed by atoms with E-state index < -0.39 is 26.2 Å². The second-order valence-electron chi connectivity index (χ2n) is 7.66. The van der Waals surface area contributed by atoms with Gasteiger partial charge in [-0.3, -0.25) is 9.59 Å². The molecule has 1 N–H and O–H groups in total. The molecule has 1 aromatic rings. The number of carbonyl (C=O) groups is 2. The highest BCUT2D eigenvalue weighted by molar-refractivity contribution is 7.40. The first kappa shape index (κ1) is 22.4. The van der Waals surface area contributed by atoms with Gasteiger partial charge in [0, 0.05) is 0 Å². The van der Waals surface area contributed by atoms with Gasteiger partial charge in [0.1, 0.15) is 13.0 Å². The van der Waals surface area contributed by atoms with Crippen LogP contribution in [0.2, 0.25) is 0 Å². The molecule has 1 unspecified atom stereocenters. The van der Waals surface area contributed by atoms with E-state index in [1.165, 1.54) is 54.4 Å². The van der Waals surface area contributed by atoms with Crippen molar-refractivity contribution in [1.82, 2.24) is 0 Å². The Hall–Kier alpha value is -1.84. The molecule has 1 aliphatic carbocycles. The third kappa shape index (κ3) is 7.65. The van der Waals surface area contributed by atoms with Gasteiger partial charge < -0.3 is 5.11 Å². The molecule has 0 bridgehead atoms. The molecular weight excluding hydrogens is 375 g/mol. The third-order valence-electron chi connectivity index (χ3n) is 5.10. The number of carboxylic acids is 1. The Kier molecular flexibility index (Phi) is 9.01. The van der Waals surface area contributed by atoms with E-state index in [1.807, 2.05) is 12.2 Å². The SMILES string of the molecule is Cc1cc(C)c(C=CCO[P+](=O)CC(=O)CC(=O)O)c(CC2CCCCC2)c1. The topological polar surface area (TPSA) is 80.7 Å². The molecule has 0 spiro atoms. The monoisotopic (exact) mass is 405 g/mol. The van der Waals surface area contributed by atoms with Gasteiger partial charge in [0.2, 0.25) is 6.16 Å². The van der Waals surface area contributed by atoms with Gasteiger partial charge in [0.25, 0.3) is 0 Å². The zero-order chi connectivity index (χ0) is 20.5. The molecule has 0 heterocycles. The van der Waals surface area contributed by atoms with Gasteiger partial charge in [-0.25, -0.2) is 0 Å². The van der Waals surface area contributed by atoms with Gasteiger partial charge in [-0.05, 0) is 47.4 Å². The number of hydrogen-bond acceptors (Lipinski definition) is 4. The highest BCUT2D eigenvalue weighted by Gasteiger charge is 2.24. The molecule has 1 fully saturated rings. The summed E-state index contributed by atoms with van der Waals surface area (Å²) < 4.78 is 16.9. The molecule has 0 aromatic heterocycles. The summed E-state index contributed by atoms with van der Waals surface area (Å²) in [7, 11) is -2.18. The largest absolute Gasteiger partial charge is 0.516 e. The summed E-state index contributed by atoms with van der Waals surface area (Å²) in [6, 6.07) is 4.42. The minimum atomic E-state index is -2.18. The third-order valence-corrected chi connectivity index (χ3v) is 6.15. The lowest BCUT2D eigenvalue weighted by Crippen LogP contribution is -2.10. The predicted molar refractivity (Wildman–Crippen MR) is 111 cm³/mol. The van der Waals surface area contributed by atoms with Gasteiger partial charge in [-0.2, -0.15) is 0 Å². The lowest BCUT2D eigenvalue weighted by molar-refractivity contribution is -0.139. The van der Waals surface area contributed by atoms with Crippen molar-refractivity contribution in [2.45, 2.75) is 58.8 Å². The molecule has 0 amide bonds. The average molecular weight is 405 g/mol. The van der Waals surface area contributed by atoms with Crippen molar-refractivity contribution in [2.75, 3.05) is 12.8 Å². The van der Waals surface area contributed by atoms with Crippen molar-refractivity contribution in [1.29, 1.82) is 0 Å². The molecule has 1 aromatic carbocycles. The molecule has 2 rings (SSSR count). The molecule has 1 atom stereocenters. The standard InChI is InChI=1S/C22H29O5P/c1-16-11-17(2)21(19(12-16)13-18-7-4-3-5-8-18)9-6-10-27-28(26)15-20(23)14-22(24)25/h6,9,11-12,18H,3-5,7-8,10,13-15H2,1-2H3/p+1. The Bertz CT molecular complexity index is 748. The number of carbonyl (C=O) groups excluding carboxylic acids is 1. The number of Topliss-reactive ketones (excluding diaryl/α,β-unsaturated/α-hetero) is 1. The van der Waals surface area contributed by atoms with Crippen molar-refractivity contribution in [3.63, 3.8) is 0 Å². The zero-order valence-electron chi connectivity index (χ0n) is 16.8. The summed E-state index contributed by atoms with van der Waals surface area (Å²) in [4.78, 5) is 21.8. The van der Waals surface area contributed by atoms with Crippen LogP contribution in [-0.4, -0.2) is 29.6 Å². The summed E-state index contributed by atoms with van der Waals surface area (Å²) in [6.45, 7) is 4.35. The molecule has 0 aliphatic heterocycles. The lowest BCUT2D eigenvalue weighted by Gasteiger charge is -2.23. The Morgan fingerprint density at radius 2 is 1.93 bits per heavy atom. The van der Waals surface area contributed by atoms with E-state index in [0.29, 0.717) is 0 Å². The second-order valence-corrected chi connectivity index (χ2v) is 8.90. The maximum absolute atomic E-state index is 11.8. The van der Waals surface area contributed by atoms with E-state index in [9.17, 15) is 14.2 Å². The highest BCUT2D eigenvalue weighted by Crippen LogP contribution is 2.30. The fourth-order valence-corrected chi connectivity index (χ4v) is 4.63. The molecule has 0 radical (unpaired) electrons. The molecular formula is C22H30O5P+. The highest BCUT2D eigenvalue weighted by atomic mass is 31.1. The van der Waals surface area contributed by atoms with Crippen molar-refractivity contribution >= 4 is 25.9 Å². The molecule has 5 nitrogen and oxygen atoms in total. The van der Waals surface area contributed by atoms with Crippen molar-refractivity contribution < 1.29 is 23.8 Å². The van der Waals surface area contributed by atoms with Crippen molar-refractivity contribution in [2.24, 2.45) is 5.92 Å². The van der Waals surface area contributed by atoms with Crippen LogP contribution in [0.1, 0.15) is 60.8 Å². The van der Waals surface area contributed by atoms with Crippen LogP contribution in [0.25, 0.3) is 6.08 Å². The number of benzene rings is 1. The predicted octanol–water partition coefficient (Wildman–Crippen LogP) is 5.24. The first-order valence-corrected chi connectivity index (χ1v) is 11.3. The maximum atomic E-state index is 11.8. The first-order chi connectivity index (χ1) is 13.3. The van der Waals surface area contributed by atoms with E-state index in [-0.39, 0.29) is 12.8 Å². The van der Waals surface area contributed by atoms with E-state index in [2.05, 4.69) is 26.0 Å². The minimum Gasteiger partial charge on any atom is -0.481 e. The first-order valence-electron chi connectivity index (χ1n) is 9.93. The second kappa shape index (κ2) is 11.2. The molecule has 1 aliphatic rings. The van der Waals surface area contributed by atoms with Gasteiger partial charge in [-0.15, -0.1) is 4.52 Å². The van der Waals surface area contributed by atoms with Crippen molar-refractivity contribution in [3.8, 4) is 0 Å². The average Bonchev–Trinajstić information content (AvgIpc) is 2.60. The van der Waals surface area contributed by atoms with Gasteiger partial charge in [-0.1, -0.05) is 62.0 Å². The van der Waals surface area contributed by atoms with E-state index >= 15 is 0 Å². The fraction of sp³-hybridized carbons (Fsp3) is 0.545. The van der Waals surface area contributed by atoms with E-state index in [1.54, 1.807) is 0 Å². The summed E-state index contributed by atoms with van der Waals surface area (Å²) in [6.07, 6.45) is 10.5.